The summed E-state index contributed by atoms with van der Waals surface area (Å²) >= 11 is 1.11. The lowest BCUT2D eigenvalue weighted by molar-refractivity contribution is 0.00111. The van der Waals surface area contributed by atoms with Gasteiger partial charge in [0.05, 0.1) is 18.3 Å². The molecule has 33 heavy (non-hydrogen) atoms. The van der Waals surface area contributed by atoms with Gasteiger partial charge in [0.2, 0.25) is 0 Å². The van der Waals surface area contributed by atoms with Gasteiger partial charge in [0, 0.05) is 35.5 Å². The molecule has 172 valence electrons. The van der Waals surface area contributed by atoms with E-state index in [0.29, 0.717) is 22.8 Å². The van der Waals surface area contributed by atoms with E-state index in [1.807, 2.05) is 6.07 Å². The van der Waals surface area contributed by atoms with Gasteiger partial charge in [-0.2, -0.15) is 4.98 Å². The van der Waals surface area contributed by atoms with Gasteiger partial charge < -0.3 is 13.9 Å². The van der Waals surface area contributed by atoms with Crippen LogP contribution in [-0.4, -0.2) is 28.0 Å². The molecule has 1 aromatic carbocycles. The van der Waals surface area contributed by atoms with Crippen LogP contribution in [0.5, 0.6) is 17.6 Å². The second-order valence-electron chi connectivity index (χ2n) is 7.88. The minimum Gasteiger partial charge on any atom is -0.414 e. The van der Waals surface area contributed by atoms with Crippen LogP contribution < -0.4 is 18.9 Å². The molecule has 0 radical (unpaired) electrons. The van der Waals surface area contributed by atoms with E-state index < -0.39 is 17.4 Å². The van der Waals surface area contributed by atoms with E-state index in [4.69, 9.17) is 13.9 Å². The number of oxazole rings is 1. The van der Waals surface area contributed by atoms with E-state index in [-0.39, 0.29) is 18.4 Å². The van der Waals surface area contributed by atoms with Crippen molar-refractivity contribution in [2.45, 2.75) is 38.3 Å². The van der Waals surface area contributed by atoms with Crippen molar-refractivity contribution >= 4 is 24.0 Å². The molecule has 1 amide bonds. The summed E-state index contributed by atoms with van der Waals surface area (Å²) in [6, 6.07) is 6.92. The molecule has 2 N–H and O–H groups in total. The van der Waals surface area contributed by atoms with Gasteiger partial charge >= 0.3 is 12.2 Å². The fourth-order valence-corrected chi connectivity index (χ4v) is 4.54. The largest absolute Gasteiger partial charge is 0.416 e. The number of ether oxygens (including phenoxy) is 2. The van der Waals surface area contributed by atoms with Gasteiger partial charge in [0.25, 0.3) is 0 Å². The fraction of sp³-hybridized carbons (Fsp3) is 0.318. The lowest BCUT2D eigenvalue weighted by Crippen LogP contribution is -2.57. The Labute approximate surface area is 193 Å². The Morgan fingerprint density at radius 1 is 1.30 bits per heavy atom. The number of halogens is 1. The number of hydrogen-bond acceptors (Lipinski definition) is 9. The number of benzene rings is 1. The number of nitrogens with zero attached hydrogens (tertiary/aromatic N) is 3. The van der Waals surface area contributed by atoms with Crippen LogP contribution in [0.15, 0.2) is 41.1 Å². The van der Waals surface area contributed by atoms with Gasteiger partial charge in [0.15, 0.2) is 11.6 Å². The standard InChI is InChI=1S/C22H22FN5O4S/c1-13-11-26-20(30-13)31-15-4-5-16-17(10-15)32-21(29)28(22(16)7-3-8-22)12-14-6-9-25-19(18(14)23)27-33-24-2/h4-6,9-11,24H,3,7-8,12H2,1-2H3,(H,25,27). The average molecular weight is 472 g/mol. The predicted molar refractivity (Wildman–Crippen MR) is 119 cm³/mol. The third kappa shape index (κ3) is 3.87. The molecular weight excluding hydrogens is 449 g/mol. The van der Waals surface area contributed by atoms with Crippen molar-refractivity contribution in [2.24, 2.45) is 0 Å². The Morgan fingerprint density at radius 2 is 2.15 bits per heavy atom. The van der Waals surface area contributed by atoms with Gasteiger partial charge in [-0.1, -0.05) is 0 Å². The van der Waals surface area contributed by atoms with Crippen LogP contribution in [-0.2, 0) is 12.1 Å². The minimum absolute atomic E-state index is 0.0688. The SMILES string of the molecule is CNSNc1nccc(CN2C(=O)Oc3cc(Oc4ncc(C)o4)ccc3C23CCC3)c1F. The van der Waals surface area contributed by atoms with Gasteiger partial charge in [-0.05, 0) is 51.4 Å². The highest BCUT2D eigenvalue weighted by Gasteiger charge is 2.51. The van der Waals surface area contributed by atoms with Crippen molar-refractivity contribution in [3.8, 4) is 17.6 Å². The normalized spacial score (nSPS) is 16.2. The smallest absolute Gasteiger partial charge is 0.414 e. The molecule has 0 atom stereocenters. The lowest BCUT2D eigenvalue weighted by Gasteiger charge is -2.52. The van der Waals surface area contributed by atoms with Crippen LogP contribution in [0.3, 0.4) is 0 Å². The third-order valence-electron chi connectivity index (χ3n) is 5.92. The maximum absolute atomic E-state index is 15.0. The van der Waals surface area contributed by atoms with E-state index in [9.17, 15) is 4.79 Å². The maximum atomic E-state index is 15.0. The second kappa shape index (κ2) is 8.56. The Morgan fingerprint density at radius 3 is 2.85 bits per heavy atom. The zero-order valence-corrected chi connectivity index (χ0v) is 18.9. The molecule has 3 heterocycles. The zero-order chi connectivity index (χ0) is 23.0. The first-order valence-corrected chi connectivity index (χ1v) is 11.3. The lowest BCUT2D eigenvalue weighted by atomic mass is 9.69. The van der Waals surface area contributed by atoms with Gasteiger partial charge in [-0.25, -0.2) is 18.9 Å². The average Bonchev–Trinajstić information content (AvgIpc) is 3.18. The van der Waals surface area contributed by atoms with E-state index >= 15 is 4.39 Å². The summed E-state index contributed by atoms with van der Waals surface area (Å²) in [6.07, 6.45) is 5.16. The molecule has 1 saturated carbocycles. The van der Waals surface area contributed by atoms with Gasteiger partial charge in [-0.3, -0.25) is 9.62 Å². The first kappa shape index (κ1) is 21.5. The number of amides is 1. The van der Waals surface area contributed by atoms with Crippen molar-refractivity contribution in [3.05, 3.63) is 59.4 Å². The number of carbonyl (C=O) groups is 1. The molecule has 2 aliphatic rings. The van der Waals surface area contributed by atoms with Crippen LogP contribution in [0.1, 0.15) is 36.1 Å². The van der Waals surface area contributed by atoms with E-state index in [0.717, 1.165) is 37.0 Å². The zero-order valence-electron chi connectivity index (χ0n) is 18.1. The first-order valence-electron chi connectivity index (χ1n) is 10.5. The summed E-state index contributed by atoms with van der Waals surface area (Å²) < 4.78 is 37.3. The van der Waals surface area contributed by atoms with E-state index in [2.05, 4.69) is 19.4 Å². The third-order valence-corrected chi connectivity index (χ3v) is 6.42. The molecule has 11 heteroatoms. The minimum atomic E-state index is -0.550. The molecule has 1 aliphatic carbocycles. The summed E-state index contributed by atoms with van der Waals surface area (Å²) in [5, 5.41) is 0. The number of pyridine rings is 1. The molecule has 1 spiro atoms. The quantitative estimate of drug-likeness (QED) is 0.466. The van der Waals surface area contributed by atoms with Crippen molar-refractivity contribution in [3.63, 3.8) is 0 Å². The molecule has 5 rings (SSSR count). The summed E-state index contributed by atoms with van der Waals surface area (Å²) in [5.41, 5.74) is 0.684. The summed E-state index contributed by atoms with van der Waals surface area (Å²) in [4.78, 5) is 22.8. The van der Waals surface area contributed by atoms with Crippen molar-refractivity contribution in [1.29, 1.82) is 0 Å². The highest BCUT2D eigenvalue weighted by molar-refractivity contribution is 7.98. The van der Waals surface area contributed by atoms with Crippen LogP contribution >= 0.6 is 12.1 Å². The topological polar surface area (TPSA) is 102 Å². The number of aryl methyl sites for hydroxylation is 1. The van der Waals surface area contributed by atoms with Gasteiger partial charge in [0.1, 0.15) is 17.3 Å². The van der Waals surface area contributed by atoms with Crippen LogP contribution in [0, 0.1) is 12.7 Å². The molecule has 3 aromatic rings. The fourth-order valence-electron chi connectivity index (χ4n) is 4.20. The number of anilines is 1. The number of aromatic nitrogens is 2. The summed E-state index contributed by atoms with van der Waals surface area (Å²) in [7, 11) is 1.71. The highest BCUT2D eigenvalue weighted by atomic mass is 32.2. The van der Waals surface area contributed by atoms with Crippen molar-refractivity contribution in [1.82, 2.24) is 19.6 Å². The number of fused-ring (bicyclic) bond motifs is 2. The first-order chi connectivity index (χ1) is 16.0. The number of rotatable bonds is 7. The van der Waals surface area contributed by atoms with E-state index in [1.165, 1.54) is 6.20 Å². The number of hydrogen-bond donors (Lipinski definition) is 2. The monoisotopic (exact) mass is 471 g/mol. The van der Waals surface area contributed by atoms with Crippen LogP contribution in [0.2, 0.25) is 0 Å². The van der Waals surface area contributed by atoms with Crippen molar-refractivity contribution < 1.29 is 23.1 Å². The number of carbonyl (C=O) groups excluding carboxylic acids is 1. The Balaban J connectivity index is 1.43. The van der Waals surface area contributed by atoms with E-state index in [1.54, 1.807) is 43.3 Å². The Kier molecular flexibility index (Phi) is 5.59. The highest BCUT2D eigenvalue weighted by Crippen LogP contribution is 2.53. The van der Waals surface area contributed by atoms with Crippen LogP contribution in [0.25, 0.3) is 0 Å². The molecule has 9 nitrogen and oxygen atoms in total. The second-order valence-corrected chi connectivity index (χ2v) is 8.69. The molecule has 0 bridgehead atoms. The van der Waals surface area contributed by atoms with Crippen molar-refractivity contribution in [2.75, 3.05) is 11.8 Å². The molecule has 0 unspecified atom stereocenters. The molecular formula is C22H22FN5O4S. The molecule has 2 aromatic heterocycles. The number of nitrogens with one attached hydrogen (secondary N) is 2. The molecule has 0 saturated heterocycles. The Hall–Kier alpha value is -3.31. The predicted octanol–water partition coefficient (Wildman–Crippen LogP) is 4.90. The van der Waals surface area contributed by atoms with Gasteiger partial charge in [-0.15, -0.1) is 0 Å². The summed E-state index contributed by atoms with van der Waals surface area (Å²) in [6.45, 7) is 1.84. The molecule has 1 fully saturated rings. The maximum Gasteiger partial charge on any atom is 0.416 e. The van der Waals surface area contributed by atoms with Crippen LogP contribution in [0.4, 0.5) is 15.0 Å². The molecule has 1 aliphatic heterocycles. The summed E-state index contributed by atoms with van der Waals surface area (Å²) in [5.74, 6) is 1.11. The Bertz CT molecular complexity index is 1200.